The molecule has 1 fully saturated rings. The largest absolute Gasteiger partial charge is 0.378 e. The van der Waals surface area contributed by atoms with E-state index in [4.69, 9.17) is 10.5 Å². The molecule has 0 saturated heterocycles. The number of carbonyl (C=O) groups excluding carboxylic acids is 1. The summed E-state index contributed by atoms with van der Waals surface area (Å²) in [5.41, 5.74) is 5.64. The number of nitrogens with zero attached hydrogens (tertiary/aromatic N) is 1. The average molecular weight is 273 g/mol. The molecule has 5 nitrogen and oxygen atoms in total. The predicted octanol–water partition coefficient (Wildman–Crippen LogP) is 1.29. The van der Waals surface area contributed by atoms with Gasteiger partial charge in [0.25, 0.3) is 0 Å². The first kappa shape index (κ1) is 14.5. The number of aromatic nitrogens is 1. The maximum Gasteiger partial charge on any atom is 0.228 e. The van der Waals surface area contributed by atoms with E-state index >= 15 is 0 Å². The van der Waals surface area contributed by atoms with Gasteiger partial charge < -0.3 is 15.8 Å². The molecule has 1 heterocycles. The Bertz CT molecular complexity index is 536. The Morgan fingerprint density at radius 2 is 2.35 bits per heavy atom. The van der Waals surface area contributed by atoms with E-state index in [1.54, 1.807) is 25.3 Å². The molecule has 1 aliphatic rings. The van der Waals surface area contributed by atoms with E-state index < -0.39 is 0 Å². The van der Waals surface area contributed by atoms with Gasteiger partial charge in [-0.05, 0) is 37.3 Å². The van der Waals surface area contributed by atoms with E-state index in [1.807, 2.05) is 0 Å². The van der Waals surface area contributed by atoms with Crippen LogP contribution in [0.4, 0.5) is 5.82 Å². The number of methoxy groups -OCH3 is 1. The third-order valence-corrected chi connectivity index (χ3v) is 3.52. The lowest BCUT2D eigenvalue weighted by Crippen LogP contribution is -2.42. The van der Waals surface area contributed by atoms with Gasteiger partial charge in [0.05, 0.1) is 18.6 Å². The third kappa shape index (κ3) is 3.56. The zero-order valence-corrected chi connectivity index (χ0v) is 11.6. The lowest BCUT2D eigenvalue weighted by atomic mass is 9.77. The molecule has 0 aromatic carbocycles. The molecule has 0 unspecified atom stereocenters. The highest BCUT2D eigenvalue weighted by Crippen LogP contribution is 2.38. The molecule has 106 valence electrons. The Hall–Kier alpha value is -1.90. The normalized spacial score (nSPS) is 15.7. The van der Waals surface area contributed by atoms with Gasteiger partial charge in [-0.2, -0.15) is 0 Å². The van der Waals surface area contributed by atoms with Crippen LogP contribution >= 0.6 is 0 Å². The summed E-state index contributed by atoms with van der Waals surface area (Å²) in [4.78, 5) is 16.3. The smallest absolute Gasteiger partial charge is 0.228 e. The van der Waals surface area contributed by atoms with Crippen molar-refractivity contribution in [2.24, 2.45) is 5.73 Å². The molecule has 0 bridgehead atoms. The Labute approximate surface area is 118 Å². The summed E-state index contributed by atoms with van der Waals surface area (Å²) in [6, 6.07) is 5.32. The monoisotopic (exact) mass is 273 g/mol. The van der Waals surface area contributed by atoms with Gasteiger partial charge in [-0.15, -0.1) is 0 Å². The Morgan fingerprint density at radius 1 is 1.55 bits per heavy atom. The van der Waals surface area contributed by atoms with Gasteiger partial charge in [0.1, 0.15) is 11.5 Å². The van der Waals surface area contributed by atoms with Gasteiger partial charge in [-0.3, -0.25) is 4.79 Å². The second-order valence-electron chi connectivity index (χ2n) is 4.88. The summed E-state index contributed by atoms with van der Waals surface area (Å²) in [6.45, 7) is 0.286. The molecule has 1 aromatic rings. The summed E-state index contributed by atoms with van der Waals surface area (Å²) in [7, 11) is 1.66. The van der Waals surface area contributed by atoms with Crippen molar-refractivity contribution < 1.29 is 9.53 Å². The highest BCUT2D eigenvalue weighted by molar-refractivity contribution is 5.90. The topological polar surface area (TPSA) is 77.2 Å². The minimum Gasteiger partial charge on any atom is -0.378 e. The number of nitrogens with two attached hydrogens (primary N) is 1. The quantitative estimate of drug-likeness (QED) is 0.810. The van der Waals surface area contributed by atoms with E-state index in [-0.39, 0.29) is 18.1 Å². The fourth-order valence-corrected chi connectivity index (χ4v) is 2.22. The van der Waals surface area contributed by atoms with Gasteiger partial charge in [-0.1, -0.05) is 12.0 Å². The molecule has 0 radical (unpaired) electrons. The minimum atomic E-state index is -0.277. The van der Waals surface area contributed by atoms with Crippen LogP contribution in [-0.2, 0) is 9.53 Å². The predicted molar refractivity (Wildman–Crippen MR) is 77.0 cm³/mol. The van der Waals surface area contributed by atoms with Gasteiger partial charge in [0.15, 0.2) is 0 Å². The van der Waals surface area contributed by atoms with E-state index in [9.17, 15) is 4.79 Å². The SMILES string of the molecule is COC1(CC(=O)Nc2cccc(C#CCN)n2)CCC1. The maximum absolute atomic E-state index is 12.0. The number of hydrogen-bond donors (Lipinski definition) is 2. The zero-order valence-electron chi connectivity index (χ0n) is 11.6. The van der Waals surface area contributed by atoms with Crippen molar-refractivity contribution in [2.45, 2.75) is 31.3 Å². The molecule has 0 spiro atoms. The first-order valence-corrected chi connectivity index (χ1v) is 6.68. The molecule has 2 rings (SSSR count). The molecule has 20 heavy (non-hydrogen) atoms. The molecule has 1 saturated carbocycles. The second kappa shape index (κ2) is 6.51. The number of nitrogens with one attached hydrogen (secondary N) is 1. The third-order valence-electron chi connectivity index (χ3n) is 3.52. The Kier molecular flexibility index (Phi) is 4.72. The average Bonchev–Trinajstić information content (AvgIpc) is 2.41. The zero-order chi connectivity index (χ0) is 14.4. The van der Waals surface area contributed by atoms with Crippen molar-refractivity contribution in [3.63, 3.8) is 0 Å². The van der Waals surface area contributed by atoms with Crippen molar-refractivity contribution >= 4 is 11.7 Å². The van der Waals surface area contributed by atoms with E-state index in [2.05, 4.69) is 22.1 Å². The van der Waals surface area contributed by atoms with Gasteiger partial charge >= 0.3 is 0 Å². The van der Waals surface area contributed by atoms with Crippen LogP contribution in [0.15, 0.2) is 18.2 Å². The van der Waals surface area contributed by atoms with Crippen LogP contribution in [0.2, 0.25) is 0 Å². The highest BCUT2D eigenvalue weighted by Gasteiger charge is 2.39. The maximum atomic E-state index is 12.0. The number of hydrogen-bond acceptors (Lipinski definition) is 4. The van der Waals surface area contributed by atoms with Gasteiger partial charge in [0.2, 0.25) is 5.91 Å². The Balaban J connectivity index is 1.97. The highest BCUT2D eigenvalue weighted by atomic mass is 16.5. The van der Waals surface area contributed by atoms with Crippen LogP contribution < -0.4 is 11.1 Å². The summed E-state index contributed by atoms with van der Waals surface area (Å²) < 4.78 is 5.44. The lowest BCUT2D eigenvalue weighted by Gasteiger charge is -2.39. The fourth-order valence-electron chi connectivity index (χ4n) is 2.22. The van der Waals surface area contributed by atoms with Crippen molar-refractivity contribution in [2.75, 3.05) is 19.0 Å². The molecule has 3 N–H and O–H groups in total. The lowest BCUT2D eigenvalue weighted by molar-refractivity contribution is -0.129. The molecule has 1 aromatic heterocycles. The molecule has 0 atom stereocenters. The number of pyridine rings is 1. The van der Waals surface area contributed by atoms with Crippen LogP contribution in [0.3, 0.4) is 0 Å². The number of rotatable bonds is 4. The fraction of sp³-hybridized carbons (Fsp3) is 0.467. The van der Waals surface area contributed by atoms with Crippen molar-refractivity contribution in [3.05, 3.63) is 23.9 Å². The van der Waals surface area contributed by atoms with Crippen molar-refractivity contribution in [1.29, 1.82) is 0 Å². The minimum absolute atomic E-state index is 0.0806. The van der Waals surface area contributed by atoms with Gasteiger partial charge in [-0.25, -0.2) is 4.98 Å². The van der Waals surface area contributed by atoms with Crippen molar-refractivity contribution in [1.82, 2.24) is 4.98 Å². The molecular weight excluding hydrogens is 254 g/mol. The van der Waals surface area contributed by atoms with Crippen molar-refractivity contribution in [3.8, 4) is 11.8 Å². The van der Waals surface area contributed by atoms with Crippen LogP contribution in [0, 0.1) is 11.8 Å². The summed E-state index contributed by atoms with van der Waals surface area (Å²) >= 11 is 0. The summed E-state index contributed by atoms with van der Waals surface area (Å²) in [5.74, 6) is 5.99. The van der Waals surface area contributed by atoms with Crippen LogP contribution in [0.5, 0.6) is 0 Å². The number of carbonyl (C=O) groups is 1. The standard InChI is InChI=1S/C15H19N3O2/c1-20-15(8-4-9-15)11-14(19)18-13-7-2-5-12(17-13)6-3-10-16/h2,5,7H,4,8-11,16H2,1H3,(H,17,18,19). The molecule has 5 heteroatoms. The molecular formula is C15H19N3O2. The number of ether oxygens (including phenoxy) is 1. The van der Waals surface area contributed by atoms with E-state index in [1.165, 1.54) is 0 Å². The van der Waals surface area contributed by atoms with Crippen LogP contribution in [0.25, 0.3) is 0 Å². The first-order valence-electron chi connectivity index (χ1n) is 6.68. The molecule has 0 aliphatic heterocycles. The first-order chi connectivity index (χ1) is 9.67. The Morgan fingerprint density at radius 3 is 2.95 bits per heavy atom. The summed E-state index contributed by atoms with van der Waals surface area (Å²) in [6.07, 6.45) is 3.35. The molecule has 1 amide bonds. The number of amides is 1. The summed E-state index contributed by atoms with van der Waals surface area (Å²) in [5, 5.41) is 2.79. The van der Waals surface area contributed by atoms with Gasteiger partial charge in [0, 0.05) is 7.11 Å². The second-order valence-corrected chi connectivity index (χ2v) is 4.88. The van der Waals surface area contributed by atoms with E-state index in [0.717, 1.165) is 19.3 Å². The molecule has 1 aliphatic carbocycles. The van der Waals surface area contributed by atoms with Crippen LogP contribution in [0.1, 0.15) is 31.4 Å². The number of anilines is 1. The van der Waals surface area contributed by atoms with Crippen LogP contribution in [-0.4, -0.2) is 30.1 Å². The van der Waals surface area contributed by atoms with E-state index in [0.29, 0.717) is 17.9 Å².